The van der Waals surface area contributed by atoms with Crippen LogP contribution in [0.5, 0.6) is 0 Å². The Balaban J connectivity index is 1.52. The van der Waals surface area contributed by atoms with Crippen molar-refractivity contribution in [2.24, 2.45) is 17.3 Å². The first kappa shape index (κ1) is 34.7. The number of carbonyl (C=O) groups excluding carboxylic acids is 6. The van der Waals surface area contributed by atoms with Gasteiger partial charge in [-0.1, -0.05) is 47.1 Å². The molecule has 3 aliphatic rings. The lowest BCUT2D eigenvalue weighted by Crippen LogP contribution is -2.60. The summed E-state index contributed by atoms with van der Waals surface area (Å²) in [6.07, 6.45) is 9.13. The van der Waals surface area contributed by atoms with Crippen LogP contribution in [0.25, 0.3) is 0 Å². The van der Waals surface area contributed by atoms with E-state index in [2.05, 4.69) is 37.8 Å². The molecular formula is C33H47N7O6. The fourth-order valence-corrected chi connectivity index (χ4v) is 6.41. The number of amides is 5. The molecular weight excluding hydrogens is 590 g/mol. The van der Waals surface area contributed by atoms with E-state index < -0.39 is 64.9 Å². The van der Waals surface area contributed by atoms with E-state index in [-0.39, 0.29) is 30.0 Å². The Morgan fingerprint density at radius 1 is 1.02 bits per heavy atom. The van der Waals surface area contributed by atoms with Crippen LogP contribution in [0.2, 0.25) is 0 Å². The Kier molecular flexibility index (Phi) is 10.9. The predicted octanol–water partition coefficient (Wildman–Crippen LogP) is 1.44. The molecule has 4 rings (SSSR count). The van der Waals surface area contributed by atoms with Crippen LogP contribution in [-0.4, -0.2) is 86.9 Å². The van der Waals surface area contributed by atoms with E-state index in [0.717, 1.165) is 32.1 Å². The Morgan fingerprint density at radius 3 is 2.33 bits per heavy atom. The van der Waals surface area contributed by atoms with E-state index in [1.54, 1.807) is 27.7 Å². The van der Waals surface area contributed by atoms with Crippen LogP contribution in [0.4, 0.5) is 0 Å². The average Bonchev–Trinajstić information content (AvgIpc) is 3.57. The molecule has 4 N–H and O–H groups in total. The van der Waals surface area contributed by atoms with Gasteiger partial charge in [-0.25, -0.2) is 4.98 Å². The van der Waals surface area contributed by atoms with Crippen molar-refractivity contribution in [2.75, 3.05) is 6.54 Å². The molecule has 2 heterocycles. The highest BCUT2D eigenvalue weighted by Crippen LogP contribution is 2.42. The monoisotopic (exact) mass is 637 g/mol. The second-order valence-electron chi connectivity index (χ2n) is 13.9. The lowest BCUT2D eigenvalue weighted by atomic mass is 9.85. The fraction of sp³-hybridized carbons (Fsp3) is 0.636. The molecule has 1 saturated heterocycles. The van der Waals surface area contributed by atoms with Gasteiger partial charge in [-0.2, -0.15) is 0 Å². The first-order chi connectivity index (χ1) is 21.7. The summed E-state index contributed by atoms with van der Waals surface area (Å²) in [5.41, 5.74) is -0.345. The lowest BCUT2D eigenvalue weighted by molar-refractivity contribution is -0.144. The Labute approximate surface area is 270 Å². The summed E-state index contributed by atoms with van der Waals surface area (Å²) in [5.74, 6) is -3.58. The lowest BCUT2D eigenvalue weighted by Gasteiger charge is -2.34. The smallest absolute Gasteiger partial charge is 0.289 e. The third kappa shape index (κ3) is 8.16. The van der Waals surface area contributed by atoms with E-state index in [9.17, 15) is 28.8 Å². The van der Waals surface area contributed by atoms with Gasteiger partial charge in [-0.3, -0.25) is 33.8 Å². The van der Waals surface area contributed by atoms with E-state index in [1.165, 1.54) is 23.5 Å². The highest BCUT2D eigenvalue weighted by atomic mass is 16.2. The van der Waals surface area contributed by atoms with Crippen molar-refractivity contribution in [2.45, 2.75) is 110 Å². The molecule has 13 nitrogen and oxygen atoms in total. The molecule has 6 atom stereocenters. The number of rotatable bonds is 13. The van der Waals surface area contributed by atoms with Gasteiger partial charge in [-0.15, -0.1) is 0 Å². The second-order valence-corrected chi connectivity index (χ2v) is 13.9. The number of Topliss-reactive ketones (excluding diaryl/α,β-unsaturated/α-hetero) is 1. The molecule has 1 aliphatic heterocycles. The normalized spacial score (nSPS) is 22.5. The molecule has 3 fully saturated rings. The van der Waals surface area contributed by atoms with Crippen molar-refractivity contribution in [1.82, 2.24) is 36.1 Å². The van der Waals surface area contributed by atoms with Crippen molar-refractivity contribution < 1.29 is 28.8 Å². The van der Waals surface area contributed by atoms with Crippen molar-refractivity contribution >= 4 is 35.3 Å². The van der Waals surface area contributed by atoms with Gasteiger partial charge in [0.25, 0.3) is 11.8 Å². The molecule has 13 heteroatoms. The van der Waals surface area contributed by atoms with Crippen molar-refractivity contribution in [3.05, 3.63) is 36.4 Å². The van der Waals surface area contributed by atoms with Crippen molar-refractivity contribution in [3.8, 4) is 0 Å². The summed E-state index contributed by atoms with van der Waals surface area (Å²) in [4.78, 5) is 89.7. The SMILES string of the molecule is C=C(C)[C@H](NC(=O)[C@@H](NC(=O)c1cnccn1)C(C)(C)C)C(=O)N1C[C@H]2CCC[C@H]2[C@H]1C(=O)N[C@@H](CCC)C(=O)C(=O)NC1CC1. The first-order valence-corrected chi connectivity index (χ1v) is 16.2. The van der Waals surface area contributed by atoms with E-state index in [1.807, 2.05) is 6.92 Å². The summed E-state index contributed by atoms with van der Waals surface area (Å²) >= 11 is 0. The molecule has 2 saturated carbocycles. The van der Waals surface area contributed by atoms with Gasteiger partial charge >= 0.3 is 0 Å². The number of hydrogen-bond acceptors (Lipinski definition) is 8. The van der Waals surface area contributed by atoms with Crippen LogP contribution < -0.4 is 21.3 Å². The zero-order valence-electron chi connectivity index (χ0n) is 27.4. The van der Waals surface area contributed by atoms with Gasteiger partial charge in [0.2, 0.25) is 23.5 Å². The maximum atomic E-state index is 14.2. The number of likely N-dealkylation sites (tertiary alicyclic amines) is 1. The fourth-order valence-electron chi connectivity index (χ4n) is 6.41. The van der Waals surface area contributed by atoms with Crippen LogP contribution in [-0.2, 0) is 24.0 Å². The maximum absolute atomic E-state index is 14.2. The largest absolute Gasteiger partial charge is 0.347 e. The van der Waals surface area contributed by atoms with Gasteiger partial charge < -0.3 is 26.2 Å². The van der Waals surface area contributed by atoms with Gasteiger partial charge in [0.05, 0.1) is 12.2 Å². The van der Waals surface area contributed by atoms with E-state index in [0.29, 0.717) is 18.5 Å². The Morgan fingerprint density at radius 2 is 1.74 bits per heavy atom. The standard InChI is InChI=1S/C33H47N7O6/c1-7-9-22(26(41)30(44)36-20-12-13-20)37-29(43)25-21-11-8-10-19(21)17-40(25)32(46)24(18(2)3)38-31(45)27(33(4,5)6)39-28(42)23-16-34-14-15-35-23/h14-16,19-22,24-25,27H,2,7-13,17H2,1,3-6H3,(H,36,44)(H,37,43)(H,38,45)(H,39,42)/t19-,21-,22+,24+,25+,27-/m1/s1. The zero-order valence-corrected chi connectivity index (χ0v) is 27.4. The number of nitrogens with zero attached hydrogens (tertiary/aromatic N) is 3. The zero-order chi connectivity index (χ0) is 33.8. The molecule has 0 spiro atoms. The molecule has 250 valence electrons. The second kappa shape index (κ2) is 14.5. The van der Waals surface area contributed by atoms with Gasteiger partial charge in [0.15, 0.2) is 0 Å². The maximum Gasteiger partial charge on any atom is 0.289 e. The van der Waals surface area contributed by atoms with Gasteiger partial charge in [0, 0.05) is 25.0 Å². The van der Waals surface area contributed by atoms with E-state index >= 15 is 0 Å². The quantitative estimate of drug-likeness (QED) is 0.185. The number of aromatic nitrogens is 2. The molecule has 5 amide bonds. The third-order valence-corrected chi connectivity index (χ3v) is 9.01. The van der Waals surface area contributed by atoms with Gasteiger partial charge in [0.1, 0.15) is 23.8 Å². The number of carbonyl (C=O) groups is 6. The average molecular weight is 638 g/mol. The third-order valence-electron chi connectivity index (χ3n) is 9.01. The minimum absolute atomic E-state index is 0.00382. The van der Waals surface area contributed by atoms with Gasteiger partial charge in [-0.05, 0) is 61.9 Å². The molecule has 0 unspecified atom stereocenters. The molecule has 1 aromatic heterocycles. The highest BCUT2D eigenvalue weighted by Gasteiger charge is 2.51. The summed E-state index contributed by atoms with van der Waals surface area (Å²) in [7, 11) is 0. The molecule has 46 heavy (non-hydrogen) atoms. The Bertz CT molecular complexity index is 1360. The molecule has 0 bridgehead atoms. The summed E-state index contributed by atoms with van der Waals surface area (Å²) in [6, 6.07) is -4.08. The van der Waals surface area contributed by atoms with Crippen molar-refractivity contribution in [3.63, 3.8) is 0 Å². The van der Waals surface area contributed by atoms with Crippen LogP contribution in [0.15, 0.2) is 30.7 Å². The van der Waals surface area contributed by atoms with Crippen LogP contribution in [0.3, 0.4) is 0 Å². The molecule has 0 radical (unpaired) electrons. The highest BCUT2D eigenvalue weighted by molar-refractivity contribution is 6.38. The Hall–Kier alpha value is -4.16. The summed E-state index contributed by atoms with van der Waals surface area (Å²) in [6.45, 7) is 13.1. The van der Waals surface area contributed by atoms with Crippen LogP contribution in [0.1, 0.15) is 90.1 Å². The van der Waals surface area contributed by atoms with E-state index in [4.69, 9.17) is 0 Å². The number of fused-ring (bicyclic) bond motifs is 1. The summed E-state index contributed by atoms with van der Waals surface area (Å²) in [5, 5.41) is 11.0. The number of ketones is 1. The minimum Gasteiger partial charge on any atom is -0.347 e. The topological polar surface area (TPSA) is 180 Å². The molecule has 1 aromatic rings. The van der Waals surface area contributed by atoms with Crippen LogP contribution in [0, 0.1) is 17.3 Å². The first-order valence-electron chi connectivity index (χ1n) is 16.2. The predicted molar refractivity (Wildman–Crippen MR) is 169 cm³/mol. The molecule has 2 aliphatic carbocycles. The summed E-state index contributed by atoms with van der Waals surface area (Å²) < 4.78 is 0. The number of nitrogens with one attached hydrogen (secondary N) is 4. The molecule has 0 aromatic carbocycles. The number of hydrogen-bond donors (Lipinski definition) is 4. The van der Waals surface area contributed by atoms with Crippen molar-refractivity contribution in [1.29, 1.82) is 0 Å². The van der Waals surface area contributed by atoms with Crippen LogP contribution >= 0.6 is 0 Å². The minimum atomic E-state index is -1.17.